The molecule has 7 heteroatoms. The fraction of sp³-hybridized carbons (Fsp3) is 0.227. The second kappa shape index (κ2) is 8.36. The number of hydrogen-bond donors (Lipinski definition) is 1. The number of pyridine rings is 2. The SMILES string of the molecule is Nc1cc(CN2CCN(C(=O)c3ccc(-c4ccncc4F)cc3)CC2)ccn1. The molecule has 148 valence electrons. The number of nitrogens with zero attached hydrogens (tertiary/aromatic N) is 4. The maximum absolute atomic E-state index is 13.9. The van der Waals surface area contributed by atoms with E-state index < -0.39 is 0 Å². The first-order chi connectivity index (χ1) is 14.1. The maximum atomic E-state index is 13.9. The van der Waals surface area contributed by atoms with Crippen LogP contribution in [0.5, 0.6) is 0 Å². The number of aromatic nitrogens is 2. The third-order valence-electron chi connectivity index (χ3n) is 5.13. The van der Waals surface area contributed by atoms with Crippen molar-refractivity contribution in [3.05, 3.63) is 78.0 Å². The molecule has 0 saturated carbocycles. The summed E-state index contributed by atoms with van der Waals surface area (Å²) in [5, 5.41) is 0. The van der Waals surface area contributed by atoms with E-state index in [4.69, 9.17) is 5.73 Å². The molecule has 0 unspecified atom stereocenters. The van der Waals surface area contributed by atoms with E-state index in [0.717, 1.165) is 30.8 Å². The number of amides is 1. The van der Waals surface area contributed by atoms with E-state index in [-0.39, 0.29) is 11.7 Å². The van der Waals surface area contributed by atoms with Gasteiger partial charge in [0.25, 0.3) is 5.91 Å². The van der Waals surface area contributed by atoms with Gasteiger partial charge in [0.05, 0.1) is 6.20 Å². The third-order valence-corrected chi connectivity index (χ3v) is 5.13. The van der Waals surface area contributed by atoms with Crippen molar-refractivity contribution in [3.8, 4) is 11.1 Å². The predicted molar refractivity (Wildman–Crippen MR) is 109 cm³/mol. The Morgan fingerprint density at radius 1 is 1.03 bits per heavy atom. The predicted octanol–water partition coefficient (Wildman–Crippen LogP) is 2.82. The lowest BCUT2D eigenvalue weighted by atomic mass is 10.0. The second-order valence-corrected chi connectivity index (χ2v) is 7.09. The number of benzene rings is 1. The number of nitrogen functional groups attached to an aromatic ring is 1. The summed E-state index contributed by atoms with van der Waals surface area (Å²) in [6, 6.07) is 12.5. The largest absolute Gasteiger partial charge is 0.384 e. The summed E-state index contributed by atoms with van der Waals surface area (Å²) >= 11 is 0. The lowest BCUT2D eigenvalue weighted by Crippen LogP contribution is -2.48. The number of anilines is 1. The van der Waals surface area contributed by atoms with Gasteiger partial charge in [0.15, 0.2) is 0 Å². The van der Waals surface area contributed by atoms with Crippen LogP contribution in [0.25, 0.3) is 11.1 Å². The highest BCUT2D eigenvalue weighted by Crippen LogP contribution is 2.22. The molecule has 2 N–H and O–H groups in total. The monoisotopic (exact) mass is 391 g/mol. The minimum Gasteiger partial charge on any atom is -0.384 e. The molecule has 0 radical (unpaired) electrons. The lowest BCUT2D eigenvalue weighted by molar-refractivity contribution is 0.0628. The first kappa shape index (κ1) is 19.0. The first-order valence-corrected chi connectivity index (χ1v) is 9.52. The molecule has 1 aromatic carbocycles. The number of hydrogen-bond acceptors (Lipinski definition) is 5. The van der Waals surface area contributed by atoms with Gasteiger partial charge in [-0.15, -0.1) is 0 Å². The Labute approximate surface area is 168 Å². The summed E-state index contributed by atoms with van der Waals surface area (Å²) < 4.78 is 13.9. The smallest absolute Gasteiger partial charge is 0.253 e. The van der Waals surface area contributed by atoms with Crippen LogP contribution in [-0.4, -0.2) is 51.9 Å². The Bertz CT molecular complexity index is 1000. The average molecular weight is 391 g/mol. The van der Waals surface area contributed by atoms with Crippen LogP contribution in [0.2, 0.25) is 0 Å². The highest BCUT2D eigenvalue weighted by Gasteiger charge is 2.22. The van der Waals surface area contributed by atoms with Crippen molar-refractivity contribution in [1.29, 1.82) is 0 Å². The zero-order valence-electron chi connectivity index (χ0n) is 16.0. The summed E-state index contributed by atoms with van der Waals surface area (Å²) in [7, 11) is 0. The quantitative estimate of drug-likeness (QED) is 0.740. The Morgan fingerprint density at radius 3 is 2.48 bits per heavy atom. The number of halogens is 1. The molecule has 0 bridgehead atoms. The van der Waals surface area contributed by atoms with Crippen molar-refractivity contribution in [2.24, 2.45) is 0 Å². The van der Waals surface area contributed by atoms with Crippen molar-refractivity contribution in [2.45, 2.75) is 6.54 Å². The Hall–Kier alpha value is -3.32. The van der Waals surface area contributed by atoms with Crippen LogP contribution in [0.4, 0.5) is 10.2 Å². The molecule has 1 aliphatic rings. The van der Waals surface area contributed by atoms with Gasteiger partial charge in [-0.25, -0.2) is 9.37 Å². The molecule has 4 rings (SSSR count). The highest BCUT2D eigenvalue weighted by atomic mass is 19.1. The van der Waals surface area contributed by atoms with Gasteiger partial charge in [-0.3, -0.25) is 14.7 Å². The highest BCUT2D eigenvalue weighted by molar-refractivity contribution is 5.94. The van der Waals surface area contributed by atoms with Crippen LogP contribution in [0.3, 0.4) is 0 Å². The van der Waals surface area contributed by atoms with E-state index in [9.17, 15) is 9.18 Å². The normalized spacial score (nSPS) is 14.7. The van der Waals surface area contributed by atoms with Gasteiger partial charge >= 0.3 is 0 Å². The lowest BCUT2D eigenvalue weighted by Gasteiger charge is -2.34. The van der Waals surface area contributed by atoms with Crippen molar-refractivity contribution in [1.82, 2.24) is 19.8 Å². The van der Waals surface area contributed by atoms with E-state index >= 15 is 0 Å². The Kier molecular flexibility index (Phi) is 5.48. The number of carbonyl (C=O) groups excluding carboxylic acids is 1. The van der Waals surface area contributed by atoms with Gasteiger partial charge in [-0.2, -0.15) is 0 Å². The van der Waals surface area contributed by atoms with Gasteiger partial charge in [0.1, 0.15) is 11.6 Å². The number of rotatable bonds is 4. The van der Waals surface area contributed by atoms with E-state index in [2.05, 4.69) is 14.9 Å². The maximum Gasteiger partial charge on any atom is 0.253 e. The average Bonchev–Trinajstić information content (AvgIpc) is 2.74. The minimum absolute atomic E-state index is 0.000411. The summed E-state index contributed by atoms with van der Waals surface area (Å²) in [5.41, 5.74) is 8.67. The molecule has 1 saturated heterocycles. The van der Waals surface area contributed by atoms with E-state index in [0.29, 0.717) is 30.0 Å². The standard InChI is InChI=1S/C22H22FN5O/c23-20-14-25-7-6-19(20)17-1-3-18(4-2-17)22(29)28-11-9-27(10-12-28)15-16-5-8-26-21(24)13-16/h1-8,13-14H,9-12,15H2,(H2,24,26). The molecule has 0 spiro atoms. The molecule has 1 fully saturated rings. The second-order valence-electron chi connectivity index (χ2n) is 7.09. The summed E-state index contributed by atoms with van der Waals surface area (Å²) in [5.74, 6) is 0.143. The van der Waals surface area contributed by atoms with Gasteiger partial charge in [-0.05, 0) is 41.5 Å². The molecule has 6 nitrogen and oxygen atoms in total. The van der Waals surface area contributed by atoms with E-state index in [1.54, 1.807) is 42.7 Å². The van der Waals surface area contributed by atoms with Crippen LogP contribution in [-0.2, 0) is 6.54 Å². The molecule has 3 heterocycles. The molecular weight excluding hydrogens is 369 g/mol. The van der Waals surface area contributed by atoms with Gasteiger partial charge < -0.3 is 10.6 Å². The minimum atomic E-state index is -0.376. The molecular formula is C22H22FN5O. The Morgan fingerprint density at radius 2 is 1.79 bits per heavy atom. The molecule has 0 atom stereocenters. The molecule has 3 aromatic rings. The topological polar surface area (TPSA) is 75.3 Å². The van der Waals surface area contributed by atoms with Crippen molar-refractivity contribution < 1.29 is 9.18 Å². The Balaban J connectivity index is 1.36. The summed E-state index contributed by atoms with van der Waals surface area (Å²) in [6.45, 7) is 3.73. The van der Waals surface area contributed by atoms with Gasteiger partial charge in [0, 0.05) is 56.2 Å². The number of carbonyl (C=O) groups is 1. The van der Waals surface area contributed by atoms with Crippen LogP contribution >= 0.6 is 0 Å². The van der Waals surface area contributed by atoms with Crippen LogP contribution in [0, 0.1) is 5.82 Å². The number of nitrogens with two attached hydrogens (primary N) is 1. The van der Waals surface area contributed by atoms with Crippen LogP contribution < -0.4 is 5.73 Å². The zero-order valence-corrected chi connectivity index (χ0v) is 16.0. The molecule has 2 aromatic heterocycles. The van der Waals surface area contributed by atoms with E-state index in [1.807, 2.05) is 17.0 Å². The molecule has 29 heavy (non-hydrogen) atoms. The van der Waals surface area contributed by atoms with Crippen molar-refractivity contribution in [3.63, 3.8) is 0 Å². The summed E-state index contributed by atoms with van der Waals surface area (Å²) in [4.78, 5) is 24.8. The van der Waals surface area contributed by atoms with Crippen LogP contribution in [0.1, 0.15) is 15.9 Å². The van der Waals surface area contributed by atoms with Gasteiger partial charge in [-0.1, -0.05) is 12.1 Å². The van der Waals surface area contributed by atoms with E-state index in [1.165, 1.54) is 6.20 Å². The van der Waals surface area contributed by atoms with Crippen LogP contribution in [0.15, 0.2) is 61.1 Å². The van der Waals surface area contributed by atoms with Gasteiger partial charge in [0.2, 0.25) is 0 Å². The zero-order chi connectivity index (χ0) is 20.2. The third kappa shape index (κ3) is 4.41. The molecule has 1 aliphatic heterocycles. The fourth-order valence-electron chi connectivity index (χ4n) is 3.54. The molecule has 0 aliphatic carbocycles. The molecule has 1 amide bonds. The summed E-state index contributed by atoms with van der Waals surface area (Å²) in [6.07, 6.45) is 4.46. The fourth-order valence-corrected chi connectivity index (χ4v) is 3.54. The van der Waals surface area contributed by atoms with Crippen molar-refractivity contribution in [2.75, 3.05) is 31.9 Å². The van der Waals surface area contributed by atoms with Crippen molar-refractivity contribution >= 4 is 11.7 Å². The number of piperazine rings is 1. The first-order valence-electron chi connectivity index (χ1n) is 9.52.